The van der Waals surface area contributed by atoms with Crippen LogP contribution in [0, 0.1) is 5.92 Å². The van der Waals surface area contributed by atoms with Gasteiger partial charge in [0.1, 0.15) is 0 Å². The van der Waals surface area contributed by atoms with Gasteiger partial charge >= 0.3 is 0 Å². The van der Waals surface area contributed by atoms with Crippen molar-refractivity contribution in [2.75, 3.05) is 0 Å². The molecule has 1 aromatic rings. The molecular weight excluding hydrogens is 188 g/mol. The maximum absolute atomic E-state index is 12.0. The minimum absolute atomic E-state index is 0.189. The highest BCUT2D eigenvalue weighted by atomic mass is 16.2. The summed E-state index contributed by atoms with van der Waals surface area (Å²) in [6.45, 7) is 2.08. The average molecular weight is 206 g/mol. The lowest BCUT2D eigenvalue weighted by molar-refractivity contribution is 0.0784. The molecule has 1 aliphatic carbocycles. The molecule has 1 aromatic heterocycles. The smallest absolute Gasteiger partial charge is 0.249 e. The zero-order valence-corrected chi connectivity index (χ0v) is 9.28. The van der Waals surface area contributed by atoms with Crippen LogP contribution in [0.3, 0.4) is 0 Å². The first kappa shape index (κ1) is 10.4. The summed E-state index contributed by atoms with van der Waals surface area (Å²) in [6, 6.07) is 0. The Kier molecular flexibility index (Phi) is 3.19. The summed E-state index contributed by atoms with van der Waals surface area (Å²) in [6.07, 6.45) is 10.4. The lowest BCUT2D eigenvalue weighted by Crippen LogP contribution is -2.24. The van der Waals surface area contributed by atoms with Gasteiger partial charge in [0.2, 0.25) is 5.91 Å². The van der Waals surface area contributed by atoms with E-state index in [1.54, 1.807) is 6.20 Å². The van der Waals surface area contributed by atoms with Crippen molar-refractivity contribution in [1.82, 2.24) is 9.78 Å². The Labute approximate surface area is 90.5 Å². The highest BCUT2D eigenvalue weighted by Crippen LogP contribution is 2.24. The standard InChI is InChI=1S/C12H18N2O/c1-2-10-8-13-14(9-10)12(15)11-6-4-3-5-7-11/h8-9,11H,2-7H2,1H3. The fourth-order valence-electron chi connectivity index (χ4n) is 2.20. The first-order valence-corrected chi connectivity index (χ1v) is 5.89. The fourth-order valence-corrected chi connectivity index (χ4v) is 2.20. The quantitative estimate of drug-likeness (QED) is 0.745. The Balaban J connectivity index is 2.05. The molecule has 1 fully saturated rings. The van der Waals surface area contributed by atoms with Crippen molar-refractivity contribution in [3.05, 3.63) is 18.0 Å². The van der Waals surface area contributed by atoms with Crippen LogP contribution in [0.15, 0.2) is 12.4 Å². The minimum atomic E-state index is 0.189. The third-order valence-corrected chi connectivity index (χ3v) is 3.22. The first-order chi connectivity index (χ1) is 7.31. The molecule has 1 heterocycles. The Morgan fingerprint density at radius 1 is 1.47 bits per heavy atom. The Morgan fingerprint density at radius 2 is 2.20 bits per heavy atom. The molecule has 0 N–H and O–H groups in total. The van der Waals surface area contributed by atoms with E-state index in [9.17, 15) is 4.79 Å². The van der Waals surface area contributed by atoms with Crippen LogP contribution in [-0.2, 0) is 6.42 Å². The summed E-state index contributed by atoms with van der Waals surface area (Å²) in [5.41, 5.74) is 1.14. The third kappa shape index (κ3) is 2.28. The van der Waals surface area contributed by atoms with E-state index in [1.165, 1.54) is 23.9 Å². The fraction of sp³-hybridized carbons (Fsp3) is 0.667. The highest BCUT2D eigenvalue weighted by molar-refractivity contribution is 5.80. The maximum atomic E-state index is 12.0. The van der Waals surface area contributed by atoms with Gasteiger partial charge in [0, 0.05) is 12.1 Å². The number of rotatable bonds is 2. The van der Waals surface area contributed by atoms with E-state index in [0.29, 0.717) is 0 Å². The number of hydrogen-bond acceptors (Lipinski definition) is 2. The molecule has 0 saturated heterocycles. The van der Waals surface area contributed by atoms with Gasteiger partial charge < -0.3 is 0 Å². The van der Waals surface area contributed by atoms with E-state index in [0.717, 1.165) is 24.8 Å². The number of carbonyl (C=O) groups excluding carboxylic acids is 1. The van der Waals surface area contributed by atoms with Crippen LogP contribution >= 0.6 is 0 Å². The summed E-state index contributed by atoms with van der Waals surface area (Å²) >= 11 is 0. The summed E-state index contributed by atoms with van der Waals surface area (Å²) < 4.78 is 1.54. The van der Waals surface area contributed by atoms with Crippen LogP contribution in [0.5, 0.6) is 0 Å². The molecular formula is C12H18N2O. The molecule has 3 nitrogen and oxygen atoms in total. The molecule has 0 unspecified atom stereocenters. The van der Waals surface area contributed by atoms with Gasteiger partial charge in [-0.25, -0.2) is 4.68 Å². The molecule has 3 heteroatoms. The Morgan fingerprint density at radius 3 is 2.80 bits per heavy atom. The van der Waals surface area contributed by atoms with Crippen molar-refractivity contribution < 1.29 is 4.79 Å². The molecule has 0 bridgehead atoms. The van der Waals surface area contributed by atoms with Crippen molar-refractivity contribution in [2.45, 2.75) is 45.4 Å². The van der Waals surface area contributed by atoms with Crippen LogP contribution in [0.2, 0.25) is 0 Å². The second-order valence-electron chi connectivity index (χ2n) is 4.32. The van der Waals surface area contributed by atoms with E-state index in [4.69, 9.17) is 0 Å². The number of hydrogen-bond donors (Lipinski definition) is 0. The highest BCUT2D eigenvalue weighted by Gasteiger charge is 2.22. The van der Waals surface area contributed by atoms with Gasteiger partial charge in [-0.05, 0) is 24.8 Å². The lowest BCUT2D eigenvalue weighted by atomic mass is 9.89. The van der Waals surface area contributed by atoms with Crippen LogP contribution in [0.4, 0.5) is 0 Å². The van der Waals surface area contributed by atoms with E-state index in [2.05, 4.69) is 12.0 Å². The van der Waals surface area contributed by atoms with Crippen molar-refractivity contribution in [3.8, 4) is 0 Å². The summed E-state index contributed by atoms with van der Waals surface area (Å²) in [4.78, 5) is 12.0. The molecule has 82 valence electrons. The van der Waals surface area contributed by atoms with Gasteiger partial charge in [-0.2, -0.15) is 5.10 Å². The molecule has 0 aromatic carbocycles. The second-order valence-corrected chi connectivity index (χ2v) is 4.32. The third-order valence-electron chi connectivity index (χ3n) is 3.22. The second kappa shape index (κ2) is 4.60. The van der Waals surface area contributed by atoms with Crippen molar-refractivity contribution in [3.63, 3.8) is 0 Å². The van der Waals surface area contributed by atoms with E-state index >= 15 is 0 Å². The van der Waals surface area contributed by atoms with E-state index in [-0.39, 0.29) is 11.8 Å². The normalized spacial score (nSPS) is 17.9. The molecule has 0 amide bonds. The van der Waals surface area contributed by atoms with Crippen LogP contribution < -0.4 is 0 Å². The van der Waals surface area contributed by atoms with Gasteiger partial charge in [0.05, 0.1) is 6.20 Å². The SMILES string of the molecule is CCc1cnn(C(=O)C2CCCCC2)c1. The predicted molar refractivity (Wildman–Crippen MR) is 58.8 cm³/mol. The number of aryl methyl sites for hydroxylation is 1. The zero-order chi connectivity index (χ0) is 10.7. The number of carbonyl (C=O) groups is 1. The largest absolute Gasteiger partial charge is 0.272 e. The van der Waals surface area contributed by atoms with Crippen molar-refractivity contribution in [1.29, 1.82) is 0 Å². The van der Waals surface area contributed by atoms with Crippen LogP contribution in [-0.4, -0.2) is 15.7 Å². The summed E-state index contributed by atoms with van der Waals surface area (Å²) in [5.74, 6) is 0.401. The molecule has 0 spiro atoms. The van der Waals surface area contributed by atoms with Crippen molar-refractivity contribution >= 4 is 5.91 Å². The van der Waals surface area contributed by atoms with E-state index < -0.39 is 0 Å². The summed E-state index contributed by atoms with van der Waals surface area (Å²) in [7, 11) is 0. The zero-order valence-electron chi connectivity index (χ0n) is 9.28. The number of aromatic nitrogens is 2. The predicted octanol–water partition coefficient (Wildman–Crippen LogP) is 2.67. The first-order valence-electron chi connectivity index (χ1n) is 5.89. The van der Waals surface area contributed by atoms with Gasteiger partial charge in [-0.15, -0.1) is 0 Å². The van der Waals surface area contributed by atoms with Crippen LogP contribution in [0.25, 0.3) is 0 Å². The maximum Gasteiger partial charge on any atom is 0.249 e. The molecule has 0 atom stereocenters. The van der Waals surface area contributed by atoms with Gasteiger partial charge in [-0.1, -0.05) is 26.2 Å². The Bertz CT molecular complexity index is 337. The van der Waals surface area contributed by atoms with Gasteiger partial charge in [0.15, 0.2) is 0 Å². The Hall–Kier alpha value is -1.12. The monoisotopic (exact) mass is 206 g/mol. The van der Waals surface area contributed by atoms with Crippen molar-refractivity contribution in [2.24, 2.45) is 5.92 Å². The molecule has 1 saturated carbocycles. The number of nitrogens with zero attached hydrogens (tertiary/aromatic N) is 2. The van der Waals surface area contributed by atoms with Gasteiger partial charge in [-0.3, -0.25) is 4.79 Å². The molecule has 15 heavy (non-hydrogen) atoms. The summed E-state index contributed by atoms with van der Waals surface area (Å²) in [5, 5.41) is 4.13. The van der Waals surface area contributed by atoms with Gasteiger partial charge in [0.25, 0.3) is 0 Å². The lowest BCUT2D eigenvalue weighted by Gasteiger charge is -2.19. The minimum Gasteiger partial charge on any atom is -0.272 e. The molecule has 0 aliphatic heterocycles. The molecule has 0 radical (unpaired) electrons. The topological polar surface area (TPSA) is 34.9 Å². The van der Waals surface area contributed by atoms with E-state index in [1.807, 2.05) is 6.20 Å². The molecule has 1 aliphatic rings. The molecule has 2 rings (SSSR count). The average Bonchev–Trinajstić information content (AvgIpc) is 2.78. The van der Waals surface area contributed by atoms with Crippen LogP contribution in [0.1, 0.15) is 49.4 Å².